The monoisotopic (exact) mass is 275 g/mol. The molecule has 1 heterocycles. The van der Waals surface area contributed by atoms with Gasteiger partial charge in [-0.1, -0.05) is 43.1 Å². The number of hydrogen-bond acceptors (Lipinski definition) is 3. The van der Waals surface area contributed by atoms with Crippen LogP contribution in [0.5, 0.6) is 0 Å². The van der Waals surface area contributed by atoms with E-state index in [2.05, 4.69) is 40.8 Å². The Morgan fingerprint density at radius 1 is 1.11 bits per heavy atom. The second-order valence-electron chi connectivity index (χ2n) is 4.30. The van der Waals surface area contributed by atoms with Gasteiger partial charge in [-0.25, -0.2) is 9.97 Å². The van der Waals surface area contributed by atoms with Crippen molar-refractivity contribution in [2.75, 3.05) is 11.4 Å². The van der Waals surface area contributed by atoms with Gasteiger partial charge in [0.1, 0.15) is 17.3 Å². The molecule has 1 aromatic heterocycles. The first-order chi connectivity index (χ1) is 9.27. The average Bonchev–Trinajstić information content (AvgIpc) is 2.44. The summed E-state index contributed by atoms with van der Waals surface area (Å²) in [5.41, 5.74) is 2.15. The topological polar surface area (TPSA) is 29.0 Å². The fourth-order valence-electron chi connectivity index (χ4n) is 2.14. The van der Waals surface area contributed by atoms with Crippen molar-refractivity contribution in [3.05, 3.63) is 47.4 Å². The summed E-state index contributed by atoms with van der Waals surface area (Å²) in [7, 11) is 0. The summed E-state index contributed by atoms with van der Waals surface area (Å²) in [6, 6.07) is 10.2. The molecule has 19 heavy (non-hydrogen) atoms. The van der Waals surface area contributed by atoms with Gasteiger partial charge in [0, 0.05) is 17.8 Å². The van der Waals surface area contributed by atoms with Crippen molar-refractivity contribution in [2.24, 2.45) is 0 Å². The summed E-state index contributed by atoms with van der Waals surface area (Å²) in [6.07, 6.45) is 3.44. The van der Waals surface area contributed by atoms with Crippen molar-refractivity contribution in [2.45, 2.75) is 26.7 Å². The number of nitrogens with zero attached hydrogens (tertiary/aromatic N) is 3. The zero-order valence-corrected chi connectivity index (χ0v) is 12.1. The van der Waals surface area contributed by atoms with Gasteiger partial charge in [0.25, 0.3) is 0 Å². The summed E-state index contributed by atoms with van der Waals surface area (Å²) < 4.78 is 0. The van der Waals surface area contributed by atoms with E-state index < -0.39 is 0 Å². The summed E-state index contributed by atoms with van der Waals surface area (Å²) in [5, 5.41) is 0.557. The van der Waals surface area contributed by atoms with Crippen molar-refractivity contribution < 1.29 is 0 Å². The first-order valence-corrected chi connectivity index (χ1v) is 6.97. The van der Waals surface area contributed by atoms with E-state index in [0.717, 1.165) is 36.5 Å². The van der Waals surface area contributed by atoms with Crippen LogP contribution in [-0.4, -0.2) is 16.5 Å². The van der Waals surface area contributed by atoms with Crippen molar-refractivity contribution in [3.63, 3.8) is 0 Å². The third-order valence-electron chi connectivity index (χ3n) is 3.01. The quantitative estimate of drug-likeness (QED) is 0.764. The molecule has 0 unspecified atom stereocenters. The third-order valence-corrected chi connectivity index (χ3v) is 3.34. The van der Waals surface area contributed by atoms with Gasteiger partial charge in [0.2, 0.25) is 0 Å². The zero-order chi connectivity index (χ0) is 13.7. The number of rotatable bonds is 5. The van der Waals surface area contributed by atoms with Crippen LogP contribution >= 0.6 is 11.6 Å². The van der Waals surface area contributed by atoms with Crippen molar-refractivity contribution in [1.82, 2.24) is 9.97 Å². The van der Waals surface area contributed by atoms with E-state index in [-0.39, 0.29) is 0 Å². The lowest BCUT2D eigenvalue weighted by Gasteiger charge is -2.24. The Labute approximate surface area is 119 Å². The minimum atomic E-state index is 0.557. The lowest BCUT2D eigenvalue weighted by molar-refractivity contribution is 0.876. The molecule has 0 aliphatic carbocycles. The fourth-order valence-corrected chi connectivity index (χ4v) is 2.37. The Bertz CT molecular complexity index is 528. The largest absolute Gasteiger partial charge is 0.326 e. The van der Waals surface area contributed by atoms with Gasteiger partial charge < -0.3 is 4.90 Å². The summed E-state index contributed by atoms with van der Waals surface area (Å²) in [5.74, 6) is 0.913. The third kappa shape index (κ3) is 3.04. The molecule has 4 heteroatoms. The van der Waals surface area contributed by atoms with Crippen molar-refractivity contribution >= 4 is 23.1 Å². The molecule has 0 N–H and O–H groups in total. The van der Waals surface area contributed by atoms with Gasteiger partial charge >= 0.3 is 0 Å². The Kier molecular flexibility index (Phi) is 4.74. The maximum Gasteiger partial charge on any atom is 0.141 e. The molecule has 0 aliphatic rings. The number of benzene rings is 1. The molecule has 0 saturated heterocycles. The molecule has 0 aliphatic heterocycles. The molecule has 1 aromatic carbocycles. The van der Waals surface area contributed by atoms with Crippen LogP contribution < -0.4 is 4.90 Å². The lowest BCUT2D eigenvalue weighted by Crippen LogP contribution is -2.19. The maximum absolute atomic E-state index is 6.22. The van der Waals surface area contributed by atoms with Crippen LogP contribution in [0.2, 0.25) is 5.15 Å². The second-order valence-corrected chi connectivity index (χ2v) is 4.65. The van der Waals surface area contributed by atoms with E-state index in [1.165, 1.54) is 6.33 Å². The standard InChI is InChI=1S/C15H18ClN3/c1-3-8-13-14(16)17-11-18-15(13)19(4-2)12-9-6-5-7-10-12/h5-7,9-11H,3-4,8H2,1-2H3. The van der Waals surface area contributed by atoms with Gasteiger partial charge in [-0.3, -0.25) is 0 Å². The molecule has 0 saturated carbocycles. The van der Waals surface area contributed by atoms with Crippen LogP contribution in [0.25, 0.3) is 0 Å². The highest BCUT2D eigenvalue weighted by molar-refractivity contribution is 6.30. The Hall–Kier alpha value is -1.61. The molecule has 0 amide bonds. The van der Waals surface area contributed by atoms with Crippen LogP contribution in [0.4, 0.5) is 11.5 Å². The number of para-hydroxylation sites is 1. The molecule has 0 bridgehead atoms. The number of hydrogen-bond donors (Lipinski definition) is 0. The fraction of sp³-hybridized carbons (Fsp3) is 0.333. The molecule has 0 radical (unpaired) electrons. The van der Waals surface area contributed by atoms with E-state index in [1.807, 2.05) is 18.2 Å². The smallest absolute Gasteiger partial charge is 0.141 e. The van der Waals surface area contributed by atoms with E-state index in [0.29, 0.717) is 5.15 Å². The van der Waals surface area contributed by atoms with Crippen molar-refractivity contribution in [1.29, 1.82) is 0 Å². The van der Waals surface area contributed by atoms with E-state index in [9.17, 15) is 0 Å². The highest BCUT2D eigenvalue weighted by Crippen LogP contribution is 2.30. The molecule has 2 aromatic rings. The molecular formula is C15H18ClN3. The molecule has 0 atom stereocenters. The number of halogens is 1. The van der Waals surface area contributed by atoms with Gasteiger partial charge in [-0.15, -0.1) is 0 Å². The molecule has 0 fully saturated rings. The zero-order valence-electron chi connectivity index (χ0n) is 11.3. The SMILES string of the molecule is CCCc1c(Cl)ncnc1N(CC)c1ccccc1. The average molecular weight is 276 g/mol. The normalized spacial score (nSPS) is 10.5. The van der Waals surface area contributed by atoms with E-state index >= 15 is 0 Å². The van der Waals surface area contributed by atoms with Crippen LogP contribution in [0.15, 0.2) is 36.7 Å². The summed E-state index contributed by atoms with van der Waals surface area (Å²) >= 11 is 6.22. The highest BCUT2D eigenvalue weighted by Gasteiger charge is 2.15. The minimum Gasteiger partial charge on any atom is -0.326 e. The molecular weight excluding hydrogens is 258 g/mol. The van der Waals surface area contributed by atoms with Crippen LogP contribution in [0.3, 0.4) is 0 Å². The Balaban J connectivity index is 2.47. The van der Waals surface area contributed by atoms with Gasteiger partial charge in [-0.05, 0) is 25.5 Å². The van der Waals surface area contributed by atoms with E-state index in [1.54, 1.807) is 0 Å². The van der Waals surface area contributed by atoms with Gasteiger partial charge in [0.05, 0.1) is 0 Å². The number of anilines is 2. The van der Waals surface area contributed by atoms with Crippen LogP contribution in [0, 0.1) is 0 Å². The van der Waals surface area contributed by atoms with E-state index in [4.69, 9.17) is 11.6 Å². The van der Waals surface area contributed by atoms with Gasteiger partial charge in [-0.2, -0.15) is 0 Å². The predicted molar refractivity (Wildman–Crippen MR) is 80.2 cm³/mol. The Morgan fingerprint density at radius 3 is 2.47 bits per heavy atom. The maximum atomic E-state index is 6.22. The first-order valence-electron chi connectivity index (χ1n) is 6.59. The Morgan fingerprint density at radius 2 is 1.84 bits per heavy atom. The molecule has 3 nitrogen and oxygen atoms in total. The lowest BCUT2D eigenvalue weighted by atomic mass is 10.1. The number of aromatic nitrogens is 2. The van der Waals surface area contributed by atoms with Crippen LogP contribution in [-0.2, 0) is 6.42 Å². The minimum absolute atomic E-state index is 0.557. The highest BCUT2D eigenvalue weighted by atomic mass is 35.5. The molecule has 0 spiro atoms. The first kappa shape index (κ1) is 13.8. The van der Waals surface area contributed by atoms with Crippen LogP contribution in [0.1, 0.15) is 25.8 Å². The molecule has 100 valence electrons. The van der Waals surface area contributed by atoms with Crippen molar-refractivity contribution in [3.8, 4) is 0 Å². The summed E-state index contributed by atoms with van der Waals surface area (Å²) in [4.78, 5) is 10.7. The van der Waals surface area contributed by atoms with Gasteiger partial charge in [0.15, 0.2) is 0 Å². The molecule has 2 rings (SSSR count). The summed E-state index contributed by atoms with van der Waals surface area (Å²) in [6.45, 7) is 5.08. The predicted octanol–water partition coefficient (Wildman–Crippen LogP) is 4.24. The second kappa shape index (κ2) is 6.53.